The maximum atomic E-state index is 13.5. The first kappa shape index (κ1) is 22.7. The molecule has 3 aromatic carbocycles. The molecule has 1 fully saturated rings. The maximum Gasteiger partial charge on any atom is 0.410 e. The van der Waals surface area contributed by atoms with Crippen LogP contribution in [0.3, 0.4) is 0 Å². The Bertz CT molecular complexity index is 1260. The number of fused-ring (bicyclic) bond motifs is 5. The Morgan fingerprint density at radius 1 is 0.861 bits per heavy atom. The van der Waals surface area contributed by atoms with E-state index in [-0.39, 0.29) is 24.1 Å². The molecule has 3 aliphatic rings. The highest BCUT2D eigenvalue weighted by molar-refractivity contribution is 5.81. The van der Waals surface area contributed by atoms with Crippen LogP contribution in [0.15, 0.2) is 72.8 Å². The minimum absolute atomic E-state index is 0.0118. The summed E-state index contributed by atoms with van der Waals surface area (Å²) in [6, 6.07) is 22.9. The van der Waals surface area contributed by atoms with E-state index in [1.807, 2.05) is 23.1 Å². The van der Waals surface area contributed by atoms with Crippen molar-refractivity contribution in [3.05, 3.63) is 89.5 Å². The molecule has 0 saturated carbocycles. The normalized spacial score (nSPS) is 20.3. The van der Waals surface area contributed by atoms with Crippen LogP contribution in [0, 0.1) is 0 Å². The highest BCUT2D eigenvalue weighted by Crippen LogP contribution is 2.46. The number of amides is 1. The molecule has 1 amide bonds. The van der Waals surface area contributed by atoms with Crippen molar-refractivity contribution in [2.24, 2.45) is 0 Å². The molecule has 2 heterocycles. The number of benzene rings is 3. The molecular formula is C31H31NO4. The molecule has 1 saturated heterocycles. The first-order valence-corrected chi connectivity index (χ1v) is 12.7. The van der Waals surface area contributed by atoms with Gasteiger partial charge < -0.3 is 14.2 Å². The number of nitrogens with zero attached hydrogens (tertiary/aromatic N) is 1. The van der Waals surface area contributed by atoms with Gasteiger partial charge in [0.05, 0.1) is 25.8 Å². The van der Waals surface area contributed by atoms with Gasteiger partial charge in [0.25, 0.3) is 0 Å². The number of hydrogen-bond acceptors (Lipinski definition) is 4. The largest absolute Gasteiger partial charge is 0.496 e. The van der Waals surface area contributed by atoms with E-state index in [0.29, 0.717) is 6.61 Å². The standard InChI is InChI=1S/C31H31NO4/c1-34-28-15-8-16-29(35-2)30(28)20-17-21-9-7-10-22(18-20)32(21)31(33)36-19-27-25-13-5-3-11-23(25)24-12-4-6-14-26(24)27/h3-6,8,11-17,21-22,27H,7,9-10,18-19H2,1-2H3. The van der Waals surface area contributed by atoms with Crippen molar-refractivity contribution >= 4 is 11.7 Å². The summed E-state index contributed by atoms with van der Waals surface area (Å²) in [5.74, 6) is 1.66. The molecule has 1 aliphatic carbocycles. The lowest BCUT2D eigenvalue weighted by atomic mass is 9.82. The van der Waals surface area contributed by atoms with Crippen molar-refractivity contribution in [2.75, 3.05) is 20.8 Å². The van der Waals surface area contributed by atoms with E-state index in [1.165, 1.54) is 27.8 Å². The minimum Gasteiger partial charge on any atom is -0.496 e. The van der Waals surface area contributed by atoms with Gasteiger partial charge in [0.1, 0.15) is 18.1 Å². The third-order valence-corrected chi connectivity index (χ3v) is 7.93. The summed E-state index contributed by atoms with van der Waals surface area (Å²) < 4.78 is 17.4. The summed E-state index contributed by atoms with van der Waals surface area (Å²) in [5, 5.41) is 0. The topological polar surface area (TPSA) is 48.0 Å². The zero-order valence-electron chi connectivity index (χ0n) is 20.8. The number of hydrogen-bond donors (Lipinski definition) is 0. The first-order chi connectivity index (χ1) is 17.7. The fourth-order valence-electron chi connectivity index (χ4n) is 6.34. The number of carbonyl (C=O) groups is 1. The van der Waals surface area contributed by atoms with Crippen LogP contribution in [0.2, 0.25) is 0 Å². The van der Waals surface area contributed by atoms with Gasteiger partial charge in [-0.2, -0.15) is 0 Å². The van der Waals surface area contributed by atoms with Crippen LogP contribution in [0.1, 0.15) is 48.3 Å². The molecule has 184 valence electrons. The Kier molecular flexibility index (Phi) is 5.92. The molecule has 0 aromatic heterocycles. The summed E-state index contributed by atoms with van der Waals surface area (Å²) in [6.45, 7) is 0.347. The molecule has 6 rings (SSSR count). The Balaban J connectivity index is 1.24. The van der Waals surface area contributed by atoms with Gasteiger partial charge in [-0.05, 0) is 65.6 Å². The molecule has 5 heteroatoms. The average molecular weight is 482 g/mol. The second-order valence-corrected chi connectivity index (χ2v) is 9.80. The molecule has 0 N–H and O–H groups in total. The van der Waals surface area contributed by atoms with Crippen molar-refractivity contribution < 1.29 is 19.0 Å². The Labute approximate surface area is 212 Å². The van der Waals surface area contributed by atoms with Gasteiger partial charge in [0.15, 0.2) is 0 Å². The van der Waals surface area contributed by atoms with E-state index in [9.17, 15) is 4.79 Å². The quantitative estimate of drug-likeness (QED) is 0.409. The van der Waals surface area contributed by atoms with Crippen LogP contribution in [0.5, 0.6) is 11.5 Å². The second-order valence-electron chi connectivity index (χ2n) is 9.80. The summed E-state index contributed by atoms with van der Waals surface area (Å²) in [6.07, 6.45) is 5.77. The van der Waals surface area contributed by atoms with E-state index < -0.39 is 0 Å². The molecular weight excluding hydrogens is 450 g/mol. The highest BCUT2D eigenvalue weighted by atomic mass is 16.6. The fraction of sp³-hybridized carbons (Fsp3) is 0.323. The lowest BCUT2D eigenvalue weighted by molar-refractivity contribution is 0.0538. The number of carbonyl (C=O) groups excluding carboxylic acids is 1. The lowest BCUT2D eigenvalue weighted by Crippen LogP contribution is -2.51. The van der Waals surface area contributed by atoms with Crippen molar-refractivity contribution in [1.82, 2.24) is 4.90 Å². The van der Waals surface area contributed by atoms with Crippen LogP contribution in [-0.2, 0) is 4.74 Å². The summed E-state index contributed by atoms with van der Waals surface area (Å²) in [5.41, 5.74) is 7.12. The summed E-state index contributed by atoms with van der Waals surface area (Å²) in [4.78, 5) is 15.5. The predicted molar refractivity (Wildman–Crippen MR) is 140 cm³/mol. The fourth-order valence-corrected chi connectivity index (χ4v) is 6.34. The van der Waals surface area contributed by atoms with E-state index in [4.69, 9.17) is 14.2 Å². The lowest BCUT2D eigenvalue weighted by Gasteiger charge is -2.44. The van der Waals surface area contributed by atoms with E-state index in [0.717, 1.165) is 42.7 Å². The summed E-state index contributed by atoms with van der Waals surface area (Å²) in [7, 11) is 3.37. The van der Waals surface area contributed by atoms with Crippen LogP contribution in [0.4, 0.5) is 4.79 Å². The van der Waals surface area contributed by atoms with Crippen LogP contribution >= 0.6 is 0 Å². The maximum absolute atomic E-state index is 13.5. The molecule has 2 atom stereocenters. The molecule has 3 aromatic rings. The predicted octanol–water partition coefficient (Wildman–Crippen LogP) is 6.66. The number of piperidine rings is 1. The molecule has 0 radical (unpaired) electrons. The Hall–Kier alpha value is -3.73. The van der Waals surface area contributed by atoms with Gasteiger partial charge in [0, 0.05) is 12.0 Å². The van der Waals surface area contributed by atoms with Gasteiger partial charge in [-0.1, -0.05) is 60.7 Å². The second kappa shape index (κ2) is 9.38. The third-order valence-electron chi connectivity index (χ3n) is 7.93. The van der Waals surface area contributed by atoms with Crippen LogP contribution in [-0.4, -0.2) is 43.9 Å². The Morgan fingerprint density at radius 2 is 1.50 bits per heavy atom. The van der Waals surface area contributed by atoms with Gasteiger partial charge in [-0.3, -0.25) is 4.90 Å². The summed E-state index contributed by atoms with van der Waals surface area (Å²) >= 11 is 0. The number of rotatable bonds is 5. The first-order valence-electron chi connectivity index (χ1n) is 12.7. The zero-order valence-corrected chi connectivity index (χ0v) is 20.8. The molecule has 5 nitrogen and oxygen atoms in total. The SMILES string of the molecule is COc1cccc(OC)c1C1=CC2CCCC(C1)N2C(=O)OCC1c2ccccc2-c2ccccc21. The van der Waals surface area contributed by atoms with Gasteiger partial charge in [-0.25, -0.2) is 4.79 Å². The van der Waals surface area contributed by atoms with Gasteiger partial charge >= 0.3 is 6.09 Å². The monoisotopic (exact) mass is 481 g/mol. The number of methoxy groups -OCH3 is 2. The van der Waals surface area contributed by atoms with Crippen LogP contribution < -0.4 is 9.47 Å². The highest BCUT2D eigenvalue weighted by Gasteiger charge is 2.40. The van der Waals surface area contributed by atoms with Crippen molar-refractivity contribution in [2.45, 2.75) is 43.7 Å². The van der Waals surface area contributed by atoms with Crippen molar-refractivity contribution in [3.63, 3.8) is 0 Å². The van der Waals surface area contributed by atoms with E-state index in [1.54, 1.807) is 14.2 Å². The third kappa shape index (κ3) is 3.74. The van der Waals surface area contributed by atoms with E-state index >= 15 is 0 Å². The molecule has 36 heavy (non-hydrogen) atoms. The van der Waals surface area contributed by atoms with Crippen LogP contribution in [0.25, 0.3) is 16.7 Å². The average Bonchev–Trinajstić information content (AvgIpc) is 3.24. The van der Waals surface area contributed by atoms with Crippen molar-refractivity contribution in [3.8, 4) is 22.6 Å². The minimum atomic E-state index is -0.214. The van der Waals surface area contributed by atoms with Gasteiger partial charge in [-0.15, -0.1) is 0 Å². The van der Waals surface area contributed by atoms with Crippen molar-refractivity contribution in [1.29, 1.82) is 0 Å². The zero-order chi connectivity index (χ0) is 24.6. The molecule has 2 bridgehead atoms. The number of ether oxygens (including phenoxy) is 3. The molecule has 2 unspecified atom stereocenters. The Morgan fingerprint density at radius 3 is 2.11 bits per heavy atom. The molecule has 0 spiro atoms. The van der Waals surface area contributed by atoms with Gasteiger partial charge in [0.2, 0.25) is 0 Å². The van der Waals surface area contributed by atoms with E-state index in [2.05, 4.69) is 54.6 Å². The smallest absolute Gasteiger partial charge is 0.410 e. The molecule has 2 aliphatic heterocycles.